The molecule has 1 aliphatic carbocycles. The molecule has 3 rings (SSSR count). The Bertz CT molecular complexity index is 776. The number of nitrogens with zero attached hydrogens (tertiary/aromatic N) is 1. The highest BCUT2D eigenvalue weighted by Gasteiger charge is 2.58. The van der Waals surface area contributed by atoms with E-state index in [0.717, 1.165) is 0 Å². The Morgan fingerprint density at radius 3 is 2.38 bits per heavy atom. The zero-order valence-corrected chi connectivity index (χ0v) is 14.0. The predicted octanol–water partition coefficient (Wildman–Crippen LogP) is 3.84. The van der Waals surface area contributed by atoms with Crippen molar-refractivity contribution >= 4 is 37.4 Å². The van der Waals surface area contributed by atoms with Gasteiger partial charge in [-0.2, -0.15) is 0 Å². The lowest BCUT2D eigenvalue weighted by molar-refractivity contribution is 0.246. The first kappa shape index (κ1) is 14.8. The van der Waals surface area contributed by atoms with Gasteiger partial charge in [-0.25, -0.2) is 13.4 Å². The molecule has 1 heterocycles. The molecule has 1 aromatic heterocycles. The fourth-order valence-electron chi connectivity index (χ4n) is 1.99. The quantitative estimate of drug-likeness (QED) is 0.747. The van der Waals surface area contributed by atoms with Crippen LogP contribution >= 0.6 is 27.5 Å². The normalized spacial score (nSPS) is 16.5. The molecule has 7 heteroatoms. The Morgan fingerprint density at radius 1 is 1.14 bits per heavy atom. The topological polar surface area (TPSA) is 56.3 Å². The van der Waals surface area contributed by atoms with Gasteiger partial charge in [0.15, 0.2) is 0 Å². The molecule has 1 fully saturated rings. The number of ether oxygens (including phenoxy) is 1. The molecule has 0 radical (unpaired) electrons. The summed E-state index contributed by atoms with van der Waals surface area (Å²) in [6, 6.07) is 11.6. The van der Waals surface area contributed by atoms with E-state index in [2.05, 4.69) is 20.9 Å². The number of benzene rings is 1. The summed E-state index contributed by atoms with van der Waals surface area (Å²) in [5, 5.41) is 0.236. The van der Waals surface area contributed by atoms with Gasteiger partial charge >= 0.3 is 0 Å². The summed E-state index contributed by atoms with van der Waals surface area (Å²) in [6.45, 7) is 0. The second-order valence-corrected chi connectivity index (χ2v) is 8.19. The minimum Gasteiger partial charge on any atom is -0.454 e. The van der Waals surface area contributed by atoms with E-state index < -0.39 is 14.8 Å². The molecule has 0 N–H and O–H groups in total. The summed E-state index contributed by atoms with van der Waals surface area (Å²) >= 11 is 9.14. The van der Waals surface area contributed by atoms with Crippen molar-refractivity contribution in [2.24, 2.45) is 0 Å². The molecule has 21 heavy (non-hydrogen) atoms. The largest absolute Gasteiger partial charge is 0.454 e. The molecule has 0 amide bonds. The Hall–Kier alpha value is -1.11. The number of sulfone groups is 1. The molecule has 1 saturated carbocycles. The van der Waals surface area contributed by atoms with Crippen LogP contribution in [0.3, 0.4) is 0 Å². The highest BCUT2D eigenvalue weighted by molar-refractivity contribution is 9.10. The highest BCUT2D eigenvalue weighted by atomic mass is 79.9. The van der Waals surface area contributed by atoms with Gasteiger partial charge in [-0.15, -0.1) is 0 Å². The maximum atomic E-state index is 12.7. The van der Waals surface area contributed by atoms with Crippen molar-refractivity contribution in [3.05, 3.63) is 52.1 Å². The molecule has 0 saturated heterocycles. The van der Waals surface area contributed by atoms with E-state index in [1.807, 2.05) is 0 Å². The van der Waals surface area contributed by atoms with Gasteiger partial charge < -0.3 is 4.74 Å². The lowest BCUT2D eigenvalue weighted by Crippen LogP contribution is -2.30. The number of aromatic nitrogens is 1. The van der Waals surface area contributed by atoms with E-state index >= 15 is 0 Å². The summed E-state index contributed by atoms with van der Waals surface area (Å²) < 4.78 is 31.7. The van der Waals surface area contributed by atoms with Crippen LogP contribution in [-0.2, 0) is 9.84 Å². The van der Waals surface area contributed by atoms with E-state index in [4.69, 9.17) is 16.3 Å². The van der Waals surface area contributed by atoms with Crippen molar-refractivity contribution in [2.45, 2.75) is 22.7 Å². The Morgan fingerprint density at radius 2 is 1.81 bits per heavy atom. The third-order valence-corrected chi connectivity index (χ3v) is 6.79. The molecule has 2 aromatic rings. The molecular weight excluding hydrogens is 378 g/mol. The van der Waals surface area contributed by atoms with Crippen LogP contribution in [0.15, 0.2) is 51.8 Å². The molecule has 1 aromatic carbocycles. The summed E-state index contributed by atoms with van der Waals surface area (Å²) in [5.41, 5.74) is 0. The minimum atomic E-state index is -3.57. The number of pyridine rings is 1. The average molecular weight is 389 g/mol. The van der Waals surface area contributed by atoms with Crippen LogP contribution in [0.4, 0.5) is 0 Å². The lowest BCUT2D eigenvalue weighted by Gasteiger charge is -2.18. The average Bonchev–Trinajstić information content (AvgIpc) is 3.25. The Kier molecular flexibility index (Phi) is 3.71. The maximum absolute atomic E-state index is 12.7. The van der Waals surface area contributed by atoms with Gasteiger partial charge in [0.1, 0.15) is 5.15 Å². The molecule has 1 aliphatic rings. The number of rotatable bonds is 4. The van der Waals surface area contributed by atoms with Gasteiger partial charge in [-0.1, -0.05) is 29.8 Å². The molecular formula is C14H11BrClNO3S. The van der Waals surface area contributed by atoms with Crippen LogP contribution in [0.2, 0.25) is 5.15 Å². The van der Waals surface area contributed by atoms with E-state index in [9.17, 15) is 8.42 Å². The first-order valence-corrected chi connectivity index (χ1v) is 8.91. The number of halogens is 2. The second-order valence-electron chi connectivity index (χ2n) is 4.75. The van der Waals surface area contributed by atoms with Crippen molar-refractivity contribution < 1.29 is 13.2 Å². The van der Waals surface area contributed by atoms with Crippen LogP contribution < -0.4 is 4.74 Å². The number of hydrogen-bond acceptors (Lipinski definition) is 4. The van der Waals surface area contributed by atoms with Gasteiger partial charge in [0.05, 0.1) is 9.37 Å². The highest BCUT2D eigenvalue weighted by Crippen LogP contribution is 2.47. The van der Waals surface area contributed by atoms with Gasteiger partial charge in [0, 0.05) is 18.9 Å². The molecule has 0 bridgehead atoms. The zero-order chi connectivity index (χ0) is 15.1. The van der Waals surface area contributed by atoms with Crippen molar-refractivity contribution in [1.29, 1.82) is 0 Å². The summed E-state index contributed by atoms with van der Waals surface area (Å²) in [5.74, 6) is 0.209. The first-order chi connectivity index (χ1) is 9.95. The third kappa shape index (κ3) is 2.67. The molecule has 110 valence electrons. The SMILES string of the molecule is O=S(=O)(c1ccccc1)C1(Oc2ccc(Br)c(Cl)n2)CC1. The smallest absolute Gasteiger partial charge is 0.219 e. The summed E-state index contributed by atoms with van der Waals surface area (Å²) in [6.07, 6.45) is 0.888. The molecule has 0 aliphatic heterocycles. The Balaban J connectivity index is 1.93. The summed E-state index contributed by atoms with van der Waals surface area (Å²) in [7, 11) is -3.57. The molecule has 4 nitrogen and oxygen atoms in total. The van der Waals surface area contributed by atoms with E-state index in [1.165, 1.54) is 0 Å². The van der Waals surface area contributed by atoms with Gasteiger partial charge in [-0.3, -0.25) is 0 Å². The third-order valence-electron chi connectivity index (χ3n) is 3.27. The monoisotopic (exact) mass is 387 g/mol. The number of hydrogen-bond donors (Lipinski definition) is 0. The summed E-state index contributed by atoms with van der Waals surface area (Å²) in [4.78, 5) is 3.07. The lowest BCUT2D eigenvalue weighted by atomic mass is 10.4. The van der Waals surface area contributed by atoms with Gasteiger partial charge in [-0.05, 0) is 34.1 Å². The Labute approximate surface area is 136 Å². The maximum Gasteiger partial charge on any atom is 0.219 e. The first-order valence-electron chi connectivity index (χ1n) is 6.25. The van der Waals surface area contributed by atoms with Crippen LogP contribution in [0, 0.1) is 0 Å². The molecule has 0 unspecified atom stereocenters. The standard InChI is InChI=1S/C14H11BrClNO3S/c15-11-6-7-12(17-13(11)16)20-14(8-9-14)21(18,19)10-4-2-1-3-5-10/h1-7H,8-9H2. The zero-order valence-electron chi connectivity index (χ0n) is 10.8. The van der Waals surface area contributed by atoms with Crippen LogP contribution in [0.1, 0.15) is 12.8 Å². The molecule has 0 atom stereocenters. The fourth-order valence-corrected chi connectivity index (χ4v) is 4.14. The van der Waals surface area contributed by atoms with Gasteiger partial charge in [0.2, 0.25) is 20.7 Å². The van der Waals surface area contributed by atoms with E-state index in [-0.39, 0.29) is 15.9 Å². The van der Waals surface area contributed by atoms with Crippen LogP contribution in [0.25, 0.3) is 0 Å². The van der Waals surface area contributed by atoms with Crippen molar-refractivity contribution in [1.82, 2.24) is 4.98 Å². The van der Waals surface area contributed by atoms with Crippen molar-refractivity contribution in [2.75, 3.05) is 0 Å². The minimum absolute atomic E-state index is 0.209. The molecule has 0 spiro atoms. The second kappa shape index (κ2) is 5.26. The van der Waals surface area contributed by atoms with Gasteiger partial charge in [0.25, 0.3) is 0 Å². The van der Waals surface area contributed by atoms with E-state index in [0.29, 0.717) is 17.3 Å². The van der Waals surface area contributed by atoms with Crippen LogP contribution in [0.5, 0.6) is 5.88 Å². The van der Waals surface area contributed by atoms with Crippen molar-refractivity contribution in [3.8, 4) is 5.88 Å². The van der Waals surface area contributed by atoms with Crippen molar-refractivity contribution in [3.63, 3.8) is 0 Å². The fraction of sp³-hybridized carbons (Fsp3) is 0.214. The predicted molar refractivity (Wildman–Crippen MR) is 83.2 cm³/mol. The van der Waals surface area contributed by atoms with E-state index in [1.54, 1.807) is 42.5 Å². The van der Waals surface area contributed by atoms with Crippen LogP contribution in [-0.4, -0.2) is 18.3 Å².